The van der Waals surface area contributed by atoms with E-state index >= 15 is 0 Å². The lowest BCUT2D eigenvalue weighted by molar-refractivity contribution is 0.140. The molecule has 5 nitrogen and oxygen atoms in total. The molecule has 20 heavy (non-hydrogen) atoms. The lowest BCUT2D eigenvalue weighted by Gasteiger charge is -2.12. The third-order valence-corrected chi connectivity index (χ3v) is 3.91. The molecule has 0 aromatic heterocycles. The van der Waals surface area contributed by atoms with Crippen LogP contribution in [0.25, 0.3) is 0 Å². The van der Waals surface area contributed by atoms with E-state index in [1.54, 1.807) is 6.08 Å². The van der Waals surface area contributed by atoms with Crippen LogP contribution in [-0.4, -0.2) is 27.4 Å². The van der Waals surface area contributed by atoms with Crippen molar-refractivity contribution in [2.75, 3.05) is 27.4 Å². The first-order valence-corrected chi connectivity index (χ1v) is 7.69. The number of benzene rings is 1. The highest BCUT2D eigenvalue weighted by atomic mass is 31.2. The second-order valence-corrected chi connectivity index (χ2v) is 6.02. The number of hydrogen-bond acceptors (Lipinski definition) is 5. The van der Waals surface area contributed by atoms with Gasteiger partial charge < -0.3 is 4.74 Å². The fourth-order valence-electron chi connectivity index (χ4n) is 1.41. The summed E-state index contributed by atoms with van der Waals surface area (Å²) in [6, 6.07) is 9.94. The Hall–Kier alpha value is -0.970. The minimum absolute atomic E-state index is 0.152. The van der Waals surface area contributed by atoms with Gasteiger partial charge in [-0.1, -0.05) is 36.4 Å². The van der Waals surface area contributed by atoms with Crippen LogP contribution >= 0.6 is 7.82 Å². The minimum Gasteiger partial charge on any atom is -0.372 e. The summed E-state index contributed by atoms with van der Waals surface area (Å²) in [5.41, 5.74) is 2.11. The lowest BCUT2D eigenvalue weighted by atomic mass is 10.2. The molecule has 0 fully saturated rings. The van der Waals surface area contributed by atoms with Gasteiger partial charge in [-0.3, -0.25) is 13.6 Å². The Morgan fingerprint density at radius 2 is 1.85 bits per heavy atom. The minimum atomic E-state index is -3.40. The molecular weight excluding hydrogens is 279 g/mol. The Labute approximate surface area is 120 Å². The van der Waals surface area contributed by atoms with E-state index in [1.165, 1.54) is 14.2 Å². The van der Waals surface area contributed by atoms with E-state index in [0.29, 0.717) is 13.2 Å². The van der Waals surface area contributed by atoms with Gasteiger partial charge in [0.1, 0.15) is 0 Å². The molecule has 0 saturated heterocycles. The third kappa shape index (κ3) is 6.46. The zero-order valence-electron chi connectivity index (χ0n) is 12.1. The van der Waals surface area contributed by atoms with Gasteiger partial charge in [-0.15, -0.1) is 0 Å². The van der Waals surface area contributed by atoms with E-state index in [-0.39, 0.29) is 6.61 Å². The first kappa shape index (κ1) is 17.1. The molecule has 0 heterocycles. The summed E-state index contributed by atoms with van der Waals surface area (Å²) in [5.74, 6) is 0. The average Bonchev–Trinajstić information content (AvgIpc) is 2.48. The summed E-state index contributed by atoms with van der Waals surface area (Å²) in [5, 5.41) is 0. The van der Waals surface area contributed by atoms with Gasteiger partial charge in [0, 0.05) is 14.2 Å². The highest BCUT2D eigenvalue weighted by Crippen LogP contribution is 2.47. The Morgan fingerprint density at radius 3 is 2.45 bits per heavy atom. The van der Waals surface area contributed by atoms with Crippen molar-refractivity contribution < 1.29 is 22.9 Å². The van der Waals surface area contributed by atoms with Crippen LogP contribution in [0.15, 0.2) is 42.0 Å². The predicted molar refractivity (Wildman–Crippen MR) is 77.4 cm³/mol. The maximum Gasteiger partial charge on any atom is 0.474 e. The Kier molecular flexibility index (Phi) is 7.73. The van der Waals surface area contributed by atoms with Gasteiger partial charge in [-0.2, -0.15) is 0 Å². The van der Waals surface area contributed by atoms with E-state index in [2.05, 4.69) is 9.05 Å². The molecule has 0 N–H and O–H groups in total. The number of hydrogen-bond donors (Lipinski definition) is 0. The molecule has 6 heteroatoms. The molecule has 0 atom stereocenters. The summed E-state index contributed by atoms with van der Waals surface area (Å²) in [6.45, 7) is 3.11. The topological polar surface area (TPSA) is 54.0 Å². The summed E-state index contributed by atoms with van der Waals surface area (Å²) in [7, 11) is -0.833. The maximum absolute atomic E-state index is 11.6. The zero-order valence-corrected chi connectivity index (χ0v) is 13.0. The second-order valence-electron chi connectivity index (χ2n) is 4.14. The van der Waals surface area contributed by atoms with Crippen molar-refractivity contribution in [2.45, 2.75) is 13.5 Å². The Balaban J connectivity index is 2.27. The van der Waals surface area contributed by atoms with Crippen molar-refractivity contribution >= 4 is 7.82 Å². The predicted octanol–water partition coefficient (Wildman–Crippen LogP) is 3.57. The monoisotopic (exact) mass is 300 g/mol. The number of ether oxygens (including phenoxy) is 1. The molecular formula is C14H21O5P. The molecule has 1 rings (SSSR count). The van der Waals surface area contributed by atoms with Gasteiger partial charge >= 0.3 is 7.82 Å². The van der Waals surface area contributed by atoms with Crippen molar-refractivity contribution in [2.24, 2.45) is 0 Å². The molecule has 0 aliphatic rings. The van der Waals surface area contributed by atoms with Crippen molar-refractivity contribution in [1.82, 2.24) is 0 Å². The third-order valence-electron chi connectivity index (χ3n) is 2.55. The molecule has 0 amide bonds. The molecule has 0 radical (unpaired) electrons. The number of phosphoric ester groups is 1. The van der Waals surface area contributed by atoms with Crippen LogP contribution in [0.2, 0.25) is 0 Å². The fraction of sp³-hybridized carbons (Fsp3) is 0.429. The first-order chi connectivity index (χ1) is 9.59. The maximum atomic E-state index is 11.6. The van der Waals surface area contributed by atoms with Gasteiger partial charge in [0.2, 0.25) is 0 Å². The van der Waals surface area contributed by atoms with Gasteiger partial charge in [-0.25, -0.2) is 4.57 Å². The number of rotatable bonds is 9. The fourth-order valence-corrected chi connectivity index (χ4v) is 2.03. The smallest absolute Gasteiger partial charge is 0.372 e. The van der Waals surface area contributed by atoms with Crippen molar-refractivity contribution in [3.8, 4) is 0 Å². The normalized spacial score (nSPS) is 12.7. The molecule has 1 aromatic rings. The lowest BCUT2D eigenvalue weighted by Crippen LogP contribution is -1.99. The zero-order chi connectivity index (χ0) is 14.8. The highest BCUT2D eigenvalue weighted by molar-refractivity contribution is 7.48. The SMILES string of the molecule is COP(=O)(OC)OC/C=C(/C)COCc1ccccc1. The van der Waals surface area contributed by atoms with Crippen LogP contribution < -0.4 is 0 Å². The second kappa shape index (κ2) is 9.06. The average molecular weight is 300 g/mol. The van der Waals surface area contributed by atoms with Crippen LogP contribution in [0.5, 0.6) is 0 Å². The molecule has 0 bridgehead atoms. The summed E-state index contributed by atoms with van der Waals surface area (Å²) in [4.78, 5) is 0. The molecule has 0 aliphatic carbocycles. The van der Waals surface area contributed by atoms with E-state index in [9.17, 15) is 4.57 Å². The van der Waals surface area contributed by atoms with Crippen LogP contribution in [0.4, 0.5) is 0 Å². The van der Waals surface area contributed by atoms with E-state index < -0.39 is 7.82 Å². The molecule has 0 unspecified atom stereocenters. The van der Waals surface area contributed by atoms with E-state index in [4.69, 9.17) is 9.26 Å². The molecule has 0 aliphatic heterocycles. The summed E-state index contributed by atoms with van der Waals surface area (Å²) in [6.07, 6.45) is 1.79. The number of phosphoric acid groups is 1. The summed E-state index contributed by atoms with van der Waals surface area (Å²) < 4.78 is 31.5. The first-order valence-electron chi connectivity index (χ1n) is 6.23. The molecule has 0 spiro atoms. The van der Waals surface area contributed by atoms with Crippen molar-refractivity contribution in [3.63, 3.8) is 0 Å². The Morgan fingerprint density at radius 1 is 1.20 bits per heavy atom. The standard InChI is InChI=1S/C14H21O5P/c1-13(9-10-19-20(15,16-2)17-3)11-18-12-14-7-5-4-6-8-14/h4-9H,10-12H2,1-3H3/b13-9-. The van der Waals surface area contributed by atoms with Gasteiger partial charge in [0.05, 0.1) is 19.8 Å². The van der Waals surface area contributed by atoms with Crippen LogP contribution in [-0.2, 0) is 29.5 Å². The summed E-state index contributed by atoms with van der Waals surface area (Å²) >= 11 is 0. The Bertz CT molecular complexity index is 450. The van der Waals surface area contributed by atoms with Gasteiger partial charge in [-0.05, 0) is 18.1 Å². The van der Waals surface area contributed by atoms with E-state index in [0.717, 1.165) is 11.1 Å². The van der Waals surface area contributed by atoms with Crippen molar-refractivity contribution in [3.05, 3.63) is 47.5 Å². The highest BCUT2D eigenvalue weighted by Gasteiger charge is 2.21. The van der Waals surface area contributed by atoms with Crippen molar-refractivity contribution in [1.29, 1.82) is 0 Å². The van der Waals surface area contributed by atoms with E-state index in [1.807, 2.05) is 37.3 Å². The quantitative estimate of drug-likeness (QED) is 0.515. The molecule has 112 valence electrons. The largest absolute Gasteiger partial charge is 0.474 e. The van der Waals surface area contributed by atoms with Crippen LogP contribution in [0.1, 0.15) is 12.5 Å². The molecule has 1 aromatic carbocycles. The van der Waals surface area contributed by atoms with Crippen LogP contribution in [0.3, 0.4) is 0 Å². The molecule has 0 saturated carbocycles. The van der Waals surface area contributed by atoms with Crippen LogP contribution in [0, 0.1) is 0 Å². The van der Waals surface area contributed by atoms with Gasteiger partial charge in [0.15, 0.2) is 0 Å². The van der Waals surface area contributed by atoms with Gasteiger partial charge in [0.25, 0.3) is 0 Å².